The molecule has 1 fully saturated rings. The van der Waals surface area contributed by atoms with Gasteiger partial charge < -0.3 is 4.90 Å². The number of unbranched alkanes of at least 4 members (excludes halogenated alkanes) is 1. The Balaban J connectivity index is 1.79. The summed E-state index contributed by atoms with van der Waals surface area (Å²) in [6, 6.07) is 7.77. The van der Waals surface area contributed by atoms with Gasteiger partial charge in [-0.3, -0.25) is 14.2 Å². The molecule has 2 atom stereocenters. The van der Waals surface area contributed by atoms with E-state index in [9.17, 15) is 9.59 Å². The molecule has 5 nitrogen and oxygen atoms in total. The van der Waals surface area contributed by atoms with Gasteiger partial charge in [0.05, 0.1) is 16.7 Å². The summed E-state index contributed by atoms with van der Waals surface area (Å²) in [4.78, 5) is 32.4. The molecule has 0 N–H and O–H groups in total. The Labute approximate surface area is 171 Å². The minimum absolute atomic E-state index is 0.0109. The predicted octanol–water partition coefficient (Wildman–Crippen LogP) is 4.33. The predicted molar refractivity (Wildman–Crippen MR) is 116 cm³/mol. The first kappa shape index (κ1) is 20.9. The van der Waals surface area contributed by atoms with Crippen LogP contribution in [0.15, 0.2) is 34.2 Å². The van der Waals surface area contributed by atoms with Crippen molar-refractivity contribution in [1.82, 2.24) is 14.5 Å². The summed E-state index contributed by atoms with van der Waals surface area (Å²) < 4.78 is 1.74. The number of hydrogen-bond donors (Lipinski definition) is 0. The summed E-state index contributed by atoms with van der Waals surface area (Å²) in [7, 11) is 1.92. The van der Waals surface area contributed by atoms with Crippen molar-refractivity contribution in [3.8, 4) is 0 Å². The molecule has 1 aliphatic carbocycles. The van der Waals surface area contributed by atoms with Gasteiger partial charge in [0.15, 0.2) is 5.16 Å². The van der Waals surface area contributed by atoms with Gasteiger partial charge in [-0.1, -0.05) is 57.0 Å². The fourth-order valence-electron chi connectivity index (χ4n) is 4.06. The number of carbonyl (C=O) groups is 1. The number of carbonyl (C=O) groups excluding carboxylic acids is 1. The molecule has 0 aliphatic heterocycles. The Kier molecular flexibility index (Phi) is 7.16. The summed E-state index contributed by atoms with van der Waals surface area (Å²) in [6.45, 7) is 4.99. The average molecular weight is 402 g/mol. The number of aromatic nitrogens is 2. The van der Waals surface area contributed by atoms with Crippen LogP contribution in [0.5, 0.6) is 0 Å². The van der Waals surface area contributed by atoms with Gasteiger partial charge in [0.1, 0.15) is 0 Å². The van der Waals surface area contributed by atoms with Crippen LogP contribution in [-0.4, -0.2) is 39.2 Å². The van der Waals surface area contributed by atoms with Crippen LogP contribution >= 0.6 is 11.8 Å². The molecule has 3 rings (SSSR count). The highest BCUT2D eigenvalue weighted by molar-refractivity contribution is 7.99. The highest BCUT2D eigenvalue weighted by Gasteiger charge is 2.28. The normalized spacial score (nSPS) is 19.7. The van der Waals surface area contributed by atoms with Gasteiger partial charge in [0, 0.05) is 19.6 Å². The second-order valence-corrected chi connectivity index (χ2v) is 8.79. The van der Waals surface area contributed by atoms with E-state index in [-0.39, 0.29) is 11.5 Å². The molecule has 1 heterocycles. The van der Waals surface area contributed by atoms with Crippen LogP contribution in [0.25, 0.3) is 10.9 Å². The molecule has 6 heteroatoms. The number of benzene rings is 1. The molecule has 2 aromatic rings. The van der Waals surface area contributed by atoms with Crippen LogP contribution in [0.2, 0.25) is 0 Å². The Morgan fingerprint density at radius 2 is 2.04 bits per heavy atom. The molecule has 0 bridgehead atoms. The SMILES string of the molecule is CCCCn1c(SCC(=O)N(C)C2CCCCC2C)nc2ccccc2c1=O. The summed E-state index contributed by atoms with van der Waals surface area (Å²) in [5.74, 6) is 0.985. The van der Waals surface area contributed by atoms with Gasteiger partial charge in [-0.25, -0.2) is 4.98 Å². The zero-order valence-electron chi connectivity index (χ0n) is 17.2. The molecule has 2 unspecified atom stereocenters. The van der Waals surface area contributed by atoms with E-state index in [0.29, 0.717) is 40.3 Å². The van der Waals surface area contributed by atoms with E-state index in [1.54, 1.807) is 4.57 Å². The third-order valence-electron chi connectivity index (χ3n) is 5.84. The molecule has 1 amide bonds. The minimum atomic E-state index is -0.0109. The summed E-state index contributed by atoms with van der Waals surface area (Å²) in [5, 5.41) is 1.29. The van der Waals surface area contributed by atoms with E-state index in [0.717, 1.165) is 19.3 Å². The number of amides is 1. The number of hydrogen-bond acceptors (Lipinski definition) is 4. The zero-order valence-corrected chi connectivity index (χ0v) is 18.0. The second-order valence-electron chi connectivity index (χ2n) is 7.84. The molecule has 1 aromatic heterocycles. The van der Waals surface area contributed by atoms with Crippen molar-refractivity contribution < 1.29 is 4.79 Å². The third kappa shape index (κ3) is 4.59. The minimum Gasteiger partial charge on any atom is -0.342 e. The second kappa shape index (κ2) is 9.59. The van der Waals surface area contributed by atoms with E-state index < -0.39 is 0 Å². The molecular weight excluding hydrogens is 370 g/mol. The molecule has 28 heavy (non-hydrogen) atoms. The lowest BCUT2D eigenvalue weighted by atomic mass is 9.85. The molecule has 0 radical (unpaired) electrons. The lowest BCUT2D eigenvalue weighted by Gasteiger charge is -2.36. The van der Waals surface area contributed by atoms with Crippen molar-refractivity contribution in [2.75, 3.05) is 12.8 Å². The molecular formula is C22H31N3O2S. The smallest absolute Gasteiger partial charge is 0.262 e. The molecule has 1 aliphatic rings. The maximum absolute atomic E-state index is 12.9. The summed E-state index contributed by atoms with van der Waals surface area (Å²) >= 11 is 1.39. The Morgan fingerprint density at radius 3 is 2.79 bits per heavy atom. The maximum Gasteiger partial charge on any atom is 0.262 e. The molecule has 0 spiro atoms. The van der Waals surface area contributed by atoms with E-state index in [1.807, 2.05) is 36.2 Å². The first-order valence-corrected chi connectivity index (χ1v) is 11.4. The molecule has 152 valence electrons. The number of nitrogens with zero attached hydrogens (tertiary/aromatic N) is 3. The van der Waals surface area contributed by atoms with Crippen LogP contribution in [0.3, 0.4) is 0 Å². The topological polar surface area (TPSA) is 55.2 Å². The van der Waals surface area contributed by atoms with Gasteiger partial charge in [0.2, 0.25) is 5.91 Å². The maximum atomic E-state index is 12.9. The lowest BCUT2D eigenvalue weighted by Crippen LogP contribution is -2.43. The average Bonchev–Trinajstić information content (AvgIpc) is 2.71. The summed E-state index contributed by atoms with van der Waals surface area (Å²) in [5.41, 5.74) is 0.688. The largest absolute Gasteiger partial charge is 0.342 e. The van der Waals surface area contributed by atoms with Gasteiger partial charge >= 0.3 is 0 Å². The van der Waals surface area contributed by atoms with Crippen molar-refractivity contribution in [2.45, 2.75) is 70.1 Å². The van der Waals surface area contributed by atoms with Crippen molar-refractivity contribution in [2.24, 2.45) is 5.92 Å². The fourth-order valence-corrected chi connectivity index (χ4v) is 5.01. The highest BCUT2D eigenvalue weighted by atomic mass is 32.2. The standard InChI is InChI=1S/C22H31N3O2S/c1-4-5-14-25-21(27)17-11-7-8-12-18(17)23-22(25)28-15-20(26)24(3)19-13-9-6-10-16(19)2/h7-8,11-12,16,19H,4-6,9-10,13-15H2,1-3H3. The number of rotatable bonds is 7. The number of thioether (sulfide) groups is 1. The van der Waals surface area contributed by atoms with E-state index in [1.165, 1.54) is 31.0 Å². The monoisotopic (exact) mass is 401 g/mol. The fraction of sp³-hybridized carbons (Fsp3) is 0.591. The Morgan fingerprint density at radius 1 is 1.29 bits per heavy atom. The highest BCUT2D eigenvalue weighted by Crippen LogP contribution is 2.28. The van der Waals surface area contributed by atoms with E-state index in [2.05, 4.69) is 13.8 Å². The van der Waals surface area contributed by atoms with Crippen LogP contribution in [-0.2, 0) is 11.3 Å². The van der Waals surface area contributed by atoms with Gasteiger partial charge in [-0.2, -0.15) is 0 Å². The molecule has 1 saturated carbocycles. The number of fused-ring (bicyclic) bond motifs is 1. The Bertz CT molecular complexity index is 880. The van der Waals surface area contributed by atoms with Crippen molar-refractivity contribution in [3.05, 3.63) is 34.6 Å². The van der Waals surface area contributed by atoms with Crippen LogP contribution in [0.1, 0.15) is 52.4 Å². The number of para-hydroxylation sites is 1. The van der Waals surface area contributed by atoms with E-state index in [4.69, 9.17) is 4.98 Å². The van der Waals surface area contributed by atoms with Gasteiger partial charge in [-0.15, -0.1) is 0 Å². The first-order chi connectivity index (χ1) is 13.5. The van der Waals surface area contributed by atoms with E-state index >= 15 is 0 Å². The van der Waals surface area contributed by atoms with Crippen LogP contribution < -0.4 is 5.56 Å². The quantitative estimate of drug-likeness (QED) is 0.512. The van der Waals surface area contributed by atoms with Crippen molar-refractivity contribution in [1.29, 1.82) is 0 Å². The van der Waals surface area contributed by atoms with Crippen LogP contribution in [0.4, 0.5) is 0 Å². The summed E-state index contributed by atoms with van der Waals surface area (Å²) in [6.07, 6.45) is 6.66. The van der Waals surface area contributed by atoms with Gasteiger partial charge in [-0.05, 0) is 37.3 Å². The zero-order chi connectivity index (χ0) is 20.1. The first-order valence-electron chi connectivity index (χ1n) is 10.4. The molecule has 0 saturated heterocycles. The Hall–Kier alpha value is -1.82. The van der Waals surface area contributed by atoms with Crippen molar-refractivity contribution >= 4 is 28.6 Å². The van der Waals surface area contributed by atoms with Gasteiger partial charge in [0.25, 0.3) is 5.56 Å². The lowest BCUT2D eigenvalue weighted by molar-refractivity contribution is -0.130. The third-order valence-corrected chi connectivity index (χ3v) is 6.80. The van der Waals surface area contributed by atoms with Crippen LogP contribution in [0, 0.1) is 5.92 Å². The van der Waals surface area contributed by atoms with Crippen molar-refractivity contribution in [3.63, 3.8) is 0 Å². The molecule has 1 aromatic carbocycles.